The van der Waals surface area contributed by atoms with E-state index in [1.165, 1.54) is 4.88 Å². The van der Waals surface area contributed by atoms with Gasteiger partial charge >= 0.3 is 0 Å². The van der Waals surface area contributed by atoms with E-state index in [9.17, 15) is 0 Å². The summed E-state index contributed by atoms with van der Waals surface area (Å²) >= 11 is 1.77. The van der Waals surface area contributed by atoms with E-state index in [2.05, 4.69) is 38.2 Å². The van der Waals surface area contributed by atoms with Gasteiger partial charge in [0, 0.05) is 16.5 Å². The van der Waals surface area contributed by atoms with Crippen LogP contribution in [0.1, 0.15) is 36.9 Å². The lowest BCUT2D eigenvalue weighted by atomic mass is 10.2. The lowest BCUT2D eigenvalue weighted by Crippen LogP contribution is -2.18. The molecule has 0 saturated carbocycles. The molecular weight excluding hydrogens is 268 g/mol. The third-order valence-corrected chi connectivity index (χ3v) is 4.65. The highest BCUT2D eigenvalue weighted by atomic mass is 32.1. The monoisotopic (exact) mass is 290 g/mol. The molecular formula is C16H22N2OS. The van der Waals surface area contributed by atoms with Gasteiger partial charge in [-0.1, -0.05) is 6.92 Å². The van der Waals surface area contributed by atoms with Gasteiger partial charge in [0.25, 0.3) is 0 Å². The Hall–Kier alpha value is -1.39. The van der Waals surface area contributed by atoms with Crippen molar-refractivity contribution < 1.29 is 4.74 Å². The van der Waals surface area contributed by atoms with Crippen molar-refractivity contribution in [2.45, 2.75) is 33.2 Å². The Kier molecular flexibility index (Phi) is 5.15. The van der Waals surface area contributed by atoms with E-state index in [1.54, 1.807) is 18.4 Å². The van der Waals surface area contributed by atoms with Gasteiger partial charge in [-0.3, -0.25) is 0 Å². The molecule has 0 aliphatic carbocycles. The van der Waals surface area contributed by atoms with Crippen molar-refractivity contribution in [1.82, 2.24) is 10.3 Å². The maximum atomic E-state index is 5.19. The summed E-state index contributed by atoms with van der Waals surface area (Å²) in [6, 6.07) is 8.44. The number of methoxy groups -OCH3 is 1. The number of nitrogens with zero attached hydrogens (tertiary/aromatic N) is 1. The van der Waals surface area contributed by atoms with Gasteiger partial charge in [0.05, 0.1) is 12.8 Å². The Labute approximate surface area is 125 Å². The molecule has 1 atom stereocenters. The second-order valence-electron chi connectivity index (χ2n) is 4.87. The zero-order valence-electron chi connectivity index (χ0n) is 12.6. The Balaban J connectivity index is 2.21. The van der Waals surface area contributed by atoms with Gasteiger partial charge in [-0.05, 0) is 51.1 Å². The van der Waals surface area contributed by atoms with E-state index in [-0.39, 0.29) is 0 Å². The maximum Gasteiger partial charge on any atom is 0.123 e. The molecule has 1 heterocycles. The number of hydrogen-bond donors (Lipinski definition) is 1. The van der Waals surface area contributed by atoms with Crippen molar-refractivity contribution in [1.29, 1.82) is 0 Å². The van der Waals surface area contributed by atoms with Crippen molar-refractivity contribution in [3.63, 3.8) is 0 Å². The van der Waals surface area contributed by atoms with Crippen LogP contribution in [-0.2, 0) is 0 Å². The minimum Gasteiger partial charge on any atom is -0.497 e. The van der Waals surface area contributed by atoms with Crippen molar-refractivity contribution in [3.8, 4) is 16.3 Å². The fourth-order valence-electron chi connectivity index (χ4n) is 2.12. The van der Waals surface area contributed by atoms with Gasteiger partial charge < -0.3 is 10.1 Å². The summed E-state index contributed by atoms with van der Waals surface area (Å²) in [5.74, 6) is 0.875. The van der Waals surface area contributed by atoms with Crippen LogP contribution >= 0.6 is 11.3 Å². The molecule has 2 rings (SSSR count). The Morgan fingerprint density at radius 3 is 2.60 bits per heavy atom. The zero-order chi connectivity index (χ0) is 14.5. The highest BCUT2D eigenvalue weighted by Gasteiger charge is 2.14. The highest BCUT2D eigenvalue weighted by Crippen LogP contribution is 2.32. The number of ether oxygens (including phenoxy) is 1. The van der Waals surface area contributed by atoms with Crippen LogP contribution in [0.3, 0.4) is 0 Å². The van der Waals surface area contributed by atoms with Crippen LogP contribution in [-0.4, -0.2) is 18.6 Å². The molecule has 3 nitrogen and oxygen atoms in total. The van der Waals surface area contributed by atoms with Crippen molar-refractivity contribution in [2.75, 3.05) is 13.7 Å². The predicted molar refractivity (Wildman–Crippen MR) is 85.5 cm³/mol. The average Bonchev–Trinajstić information content (AvgIpc) is 2.87. The lowest BCUT2D eigenvalue weighted by Gasteiger charge is -2.11. The average molecular weight is 290 g/mol. The van der Waals surface area contributed by atoms with Crippen molar-refractivity contribution in [3.05, 3.63) is 34.8 Å². The molecule has 20 heavy (non-hydrogen) atoms. The van der Waals surface area contributed by atoms with E-state index in [0.29, 0.717) is 6.04 Å². The van der Waals surface area contributed by atoms with Crippen LogP contribution in [0.25, 0.3) is 10.6 Å². The molecule has 1 aromatic carbocycles. The smallest absolute Gasteiger partial charge is 0.123 e. The second-order valence-corrected chi connectivity index (χ2v) is 5.90. The first-order valence-corrected chi connectivity index (χ1v) is 7.82. The number of rotatable bonds is 6. The number of hydrogen-bond acceptors (Lipinski definition) is 4. The molecule has 0 saturated heterocycles. The van der Waals surface area contributed by atoms with Crippen molar-refractivity contribution >= 4 is 11.3 Å². The topological polar surface area (TPSA) is 34.1 Å². The fraction of sp³-hybridized carbons (Fsp3) is 0.438. The van der Waals surface area contributed by atoms with Gasteiger partial charge in [0.1, 0.15) is 10.8 Å². The largest absolute Gasteiger partial charge is 0.497 e. The fourth-order valence-corrected chi connectivity index (χ4v) is 3.22. The van der Waals surface area contributed by atoms with Crippen LogP contribution in [0.4, 0.5) is 0 Å². The van der Waals surface area contributed by atoms with Gasteiger partial charge in [0.2, 0.25) is 0 Å². The van der Waals surface area contributed by atoms with Gasteiger partial charge in [0.15, 0.2) is 0 Å². The third-order valence-electron chi connectivity index (χ3n) is 3.26. The highest BCUT2D eigenvalue weighted by molar-refractivity contribution is 7.15. The summed E-state index contributed by atoms with van der Waals surface area (Å²) in [5, 5.41) is 4.60. The summed E-state index contributed by atoms with van der Waals surface area (Å²) in [7, 11) is 1.68. The van der Waals surface area contributed by atoms with E-state index in [1.807, 2.05) is 12.1 Å². The summed E-state index contributed by atoms with van der Waals surface area (Å²) in [4.78, 5) is 6.03. The Morgan fingerprint density at radius 1 is 1.30 bits per heavy atom. The van der Waals surface area contributed by atoms with E-state index < -0.39 is 0 Å². The van der Waals surface area contributed by atoms with E-state index in [0.717, 1.165) is 35.0 Å². The quantitative estimate of drug-likeness (QED) is 0.866. The number of aromatic nitrogens is 1. The predicted octanol–water partition coefficient (Wildman–Crippen LogP) is 4.19. The van der Waals surface area contributed by atoms with E-state index in [4.69, 9.17) is 9.72 Å². The molecule has 1 N–H and O–H groups in total. The van der Waals surface area contributed by atoms with Gasteiger partial charge in [-0.15, -0.1) is 11.3 Å². The van der Waals surface area contributed by atoms with Crippen LogP contribution in [0.2, 0.25) is 0 Å². The number of aryl methyl sites for hydroxylation is 1. The number of benzene rings is 1. The Morgan fingerprint density at radius 2 is 2.00 bits per heavy atom. The molecule has 1 unspecified atom stereocenters. The molecule has 2 aromatic rings. The standard InChI is InChI=1S/C16H22N2OS/c1-5-10-17-11(2)15-12(3)18-16(20-15)13-6-8-14(19-4)9-7-13/h6-9,11,17H,5,10H2,1-4H3. The first kappa shape index (κ1) is 15.0. The van der Waals surface area contributed by atoms with Gasteiger partial charge in [-0.25, -0.2) is 4.98 Å². The lowest BCUT2D eigenvalue weighted by molar-refractivity contribution is 0.415. The molecule has 0 spiro atoms. The van der Waals surface area contributed by atoms with Gasteiger partial charge in [-0.2, -0.15) is 0 Å². The van der Waals surface area contributed by atoms with Crippen LogP contribution in [0.5, 0.6) is 5.75 Å². The molecule has 0 bridgehead atoms. The summed E-state index contributed by atoms with van der Waals surface area (Å²) in [6.45, 7) is 7.51. The molecule has 0 aliphatic heterocycles. The second kappa shape index (κ2) is 6.86. The first-order chi connectivity index (χ1) is 9.65. The maximum absolute atomic E-state index is 5.19. The minimum atomic E-state index is 0.361. The first-order valence-electron chi connectivity index (χ1n) is 7.00. The van der Waals surface area contributed by atoms with Crippen LogP contribution < -0.4 is 10.1 Å². The minimum absolute atomic E-state index is 0.361. The van der Waals surface area contributed by atoms with Crippen molar-refractivity contribution in [2.24, 2.45) is 0 Å². The molecule has 4 heteroatoms. The number of thiazole rings is 1. The van der Waals surface area contributed by atoms with Crippen LogP contribution in [0.15, 0.2) is 24.3 Å². The molecule has 0 radical (unpaired) electrons. The molecule has 0 amide bonds. The van der Waals surface area contributed by atoms with E-state index >= 15 is 0 Å². The molecule has 0 fully saturated rings. The normalized spacial score (nSPS) is 12.4. The molecule has 1 aromatic heterocycles. The van der Waals surface area contributed by atoms with Crippen LogP contribution in [0, 0.1) is 6.92 Å². The Bertz CT molecular complexity index is 548. The molecule has 108 valence electrons. The third kappa shape index (κ3) is 3.38. The zero-order valence-corrected chi connectivity index (χ0v) is 13.4. The number of nitrogens with one attached hydrogen (secondary N) is 1. The molecule has 0 aliphatic rings. The summed E-state index contributed by atoms with van der Waals surface area (Å²) in [5.41, 5.74) is 2.27. The summed E-state index contributed by atoms with van der Waals surface area (Å²) < 4.78 is 5.19. The SMILES string of the molecule is CCCNC(C)c1sc(-c2ccc(OC)cc2)nc1C. The summed E-state index contributed by atoms with van der Waals surface area (Å²) in [6.07, 6.45) is 1.15.